The topological polar surface area (TPSA) is 29.9 Å². The first-order valence-corrected chi connectivity index (χ1v) is 4.77. The molecule has 0 aliphatic heterocycles. The molecule has 0 spiro atoms. The van der Waals surface area contributed by atoms with E-state index in [4.69, 9.17) is 0 Å². The highest BCUT2D eigenvalue weighted by Crippen LogP contribution is 2.14. The maximum atomic E-state index is 4.19. The predicted molar refractivity (Wildman–Crippen MR) is 55.8 cm³/mol. The zero-order chi connectivity index (χ0) is 9.90. The van der Waals surface area contributed by atoms with Crippen LogP contribution in [0.2, 0.25) is 0 Å². The van der Waals surface area contributed by atoms with Gasteiger partial charge in [-0.1, -0.05) is 20.8 Å². The molecule has 0 radical (unpaired) electrons. The largest absolute Gasteiger partial charge is 0.382 e. The number of nitrogens with zero attached hydrogens (tertiary/aromatic N) is 2. The van der Waals surface area contributed by atoms with Gasteiger partial charge in [-0.25, -0.2) is 0 Å². The Morgan fingerprint density at radius 1 is 1.46 bits per heavy atom. The minimum Gasteiger partial charge on any atom is -0.382 e. The first kappa shape index (κ1) is 10.1. The molecule has 1 rings (SSSR count). The van der Waals surface area contributed by atoms with E-state index in [1.54, 1.807) is 0 Å². The molecule has 0 saturated heterocycles. The Kier molecular flexibility index (Phi) is 2.96. The summed E-state index contributed by atoms with van der Waals surface area (Å²) in [7, 11) is 0. The summed E-state index contributed by atoms with van der Waals surface area (Å²) in [5, 5.41) is 7.55. The summed E-state index contributed by atoms with van der Waals surface area (Å²) in [6, 6.07) is 0. The molecule has 1 heterocycles. The van der Waals surface area contributed by atoms with E-state index in [1.807, 2.05) is 17.1 Å². The molecule has 0 bridgehead atoms. The SMILES string of the molecule is CCn1cc(NCC(C)(C)C)cn1. The fourth-order valence-electron chi connectivity index (χ4n) is 0.995. The van der Waals surface area contributed by atoms with Crippen molar-refractivity contribution in [2.75, 3.05) is 11.9 Å². The fraction of sp³-hybridized carbons (Fsp3) is 0.700. The standard InChI is InChI=1S/C10H19N3/c1-5-13-7-9(6-12-13)11-8-10(2,3)4/h6-7,11H,5,8H2,1-4H3. The molecule has 1 aromatic rings. The third-order valence-electron chi connectivity index (χ3n) is 1.78. The number of hydrogen-bond acceptors (Lipinski definition) is 2. The van der Waals surface area contributed by atoms with Crippen LogP contribution < -0.4 is 5.32 Å². The Hall–Kier alpha value is -0.990. The summed E-state index contributed by atoms with van der Waals surface area (Å²) < 4.78 is 1.92. The van der Waals surface area contributed by atoms with Crippen LogP contribution in [0, 0.1) is 5.41 Å². The molecule has 3 heteroatoms. The summed E-state index contributed by atoms with van der Waals surface area (Å²) in [6.07, 6.45) is 3.90. The van der Waals surface area contributed by atoms with E-state index in [-0.39, 0.29) is 0 Å². The van der Waals surface area contributed by atoms with Crippen molar-refractivity contribution in [3.05, 3.63) is 12.4 Å². The van der Waals surface area contributed by atoms with E-state index in [2.05, 4.69) is 38.1 Å². The Labute approximate surface area is 80.1 Å². The summed E-state index contributed by atoms with van der Waals surface area (Å²) in [4.78, 5) is 0. The molecule has 0 saturated carbocycles. The molecule has 13 heavy (non-hydrogen) atoms. The van der Waals surface area contributed by atoms with Crippen LogP contribution in [0.3, 0.4) is 0 Å². The highest BCUT2D eigenvalue weighted by atomic mass is 15.3. The van der Waals surface area contributed by atoms with Crippen LogP contribution in [0.25, 0.3) is 0 Å². The Balaban J connectivity index is 2.46. The quantitative estimate of drug-likeness (QED) is 0.775. The van der Waals surface area contributed by atoms with Crippen molar-refractivity contribution in [2.24, 2.45) is 5.41 Å². The molecule has 0 aromatic carbocycles. The van der Waals surface area contributed by atoms with E-state index in [9.17, 15) is 0 Å². The van der Waals surface area contributed by atoms with Gasteiger partial charge >= 0.3 is 0 Å². The maximum Gasteiger partial charge on any atom is 0.0726 e. The predicted octanol–water partition coefficient (Wildman–Crippen LogP) is 2.36. The lowest BCUT2D eigenvalue weighted by Gasteiger charge is -2.18. The van der Waals surface area contributed by atoms with Crippen molar-refractivity contribution in [1.82, 2.24) is 9.78 Å². The first-order valence-electron chi connectivity index (χ1n) is 4.77. The zero-order valence-electron chi connectivity index (χ0n) is 8.96. The summed E-state index contributed by atoms with van der Waals surface area (Å²) in [5.74, 6) is 0. The van der Waals surface area contributed by atoms with Gasteiger partial charge in [-0.2, -0.15) is 5.10 Å². The van der Waals surface area contributed by atoms with Gasteiger partial charge in [-0.15, -0.1) is 0 Å². The number of aryl methyl sites for hydroxylation is 1. The molecule has 74 valence electrons. The van der Waals surface area contributed by atoms with Gasteiger partial charge in [-0.05, 0) is 12.3 Å². The molecule has 3 nitrogen and oxygen atoms in total. The molecule has 0 atom stereocenters. The highest BCUT2D eigenvalue weighted by molar-refractivity contribution is 5.38. The minimum atomic E-state index is 0.314. The Morgan fingerprint density at radius 3 is 2.62 bits per heavy atom. The number of nitrogens with one attached hydrogen (secondary N) is 1. The molecule has 0 aliphatic carbocycles. The third kappa shape index (κ3) is 3.49. The zero-order valence-corrected chi connectivity index (χ0v) is 8.96. The van der Waals surface area contributed by atoms with Gasteiger partial charge in [-0.3, -0.25) is 4.68 Å². The van der Waals surface area contributed by atoms with Crippen LogP contribution in [0.4, 0.5) is 5.69 Å². The molecule has 1 N–H and O–H groups in total. The van der Waals surface area contributed by atoms with Gasteiger partial charge in [0.15, 0.2) is 0 Å². The Morgan fingerprint density at radius 2 is 2.15 bits per heavy atom. The van der Waals surface area contributed by atoms with Gasteiger partial charge in [0.25, 0.3) is 0 Å². The second kappa shape index (κ2) is 3.81. The second-order valence-corrected chi connectivity index (χ2v) is 4.50. The fourth-order valence-corrected chi connectivity index (χ4v) is 0.995. The van der Waals surface area contributed by atoms with E-state index in [1.165, 1.54) is 0 Å². The van der Waals surface area contributed by atoms with Crippen LogP contribution >= 0.6 is 0 Å². The van der Waals surface area contributed by atoms with Crippen molar-refractivity contribution in [3.63, 3.8) is 0 Å². The molecular formula is C10H19N3. The lowest BCUT2D eigenvalue weighted by atomic mass is 9.97. The molecule has 0 fully saturated rings. The van der Waals surface area contributed by atoms with Gasteiger partial charge in [0.05, 0.1) is 11.9 Å². The van der Waals surface area contributed by atoms with E-state index in [0.717, 1.165) is 18.8 Å². The summed E-state index contributed by atoms with van der Waals surface area (Å²) in [6.45, 7) is 10.6. The summed E-state index contributed by atoms with van der Waals surface area (Å²) in [5.41, 5.74) is 1.42. The molecular weight excluding hydrogens is 162 g/mol. The van der Waals surface area contributed by atoms with E-state index >= 15 is 0 Å². The third-order valence-corrected chi connectivity index (χ3v) is 1.78. The van der Waals surface area contributed by atoms with Crippen molar-refractivity contribution >= 4 is 5.69 Å². The van der Waals surface area contributed by atoms with Crippen LogP contribution in [0.5, 0.6) is 0 Å². The number of aromatic nitrogens is 2. The maximum absolute atomic E-state index is 4.19. The van der Waals surface area contributed by atoms with Crippen LogP contribution in [0.1, 0.15) is 27.7 Å². The molecule has 0 amide bonds. The smallest absolute Gasteiger partial charge is 0.0726 e. The Bertz CT molecular complexity index is 257. The van der Waals surface area contributed by atoms with Crippen molar-refractivity contribution in [1.29, 1.82) is 0 Å². The van der Waals surface area contributed by atoms with E-state index < -0.39 is 0 Å². The lowest BCUT2D eigenvalue weighted by molar-refractivity contribution is 0.443. The molecule has 0 unspecified atom stereocenters. The monoisotopic (exact) mass is 181 g/mol. The van der Waals surface area contributed by atoms with Crippen molar-refractivity contribution in [2.45, 2.75) is 34.2 Å². The highest BCUT2D eigenvalue weighted by Gasteiger charge is 2.09. The van der Waals surface area contributed by atoms with Gasteiger partial charge < -0.3 is 5.32 Å². The number of anilines is 1. The molecule has 0 aliphatic rings. The lowest BCUT2D eigenvalue weighted by Crippen LogP contribution is -2.18. The van der Waals surface area contributed by atoms with Gasteiger partial charge in [0.2, 0.25) is 0 Å². The van der Waals surface area contributed by atoms with Crippen LogP contribution in [-0.2, 0) is 6.54 Å². The average molecular weight is 181 g/mol. The van der Waals surface area contributed by atoms with Crippen molar-refractivity contribution in [3.8, 4) is 0 Å². The van der Waals surface area contributed by atoms with E-state index in [0.29, 0.717) is 5.41 Å². The van der Waals surface area contributed by atoms with Crippen molar-refractivity contribution < 1.29 is 0 Å². The second-order valence-electron chi connectivity index (χ2n) is 4.50. The van der Waals surface area contributed by atoms with Gasteiger partial charge in [0, 0.05) is 19.3 Å². The molecule has 1 aromatic heterocycles. The number of hydrogen-bond donors (Lipinski definition) is 1. The van der Waals surface area contributed by atoms with Crippen LogP contribution in [0.15, 0.2) is 12.4 Å². The number of rotatable bonds is 3. The normalized spacial score (nSPS) is 11.7. The average Bonchev–Trinajstić information content (AvgIpc) is 2.47. The first-order chi connectivity index (χ1) is 6.01. The summed E-state index contributed by atoms with van der Waals surface area (Å²) >= 11 is 0. The van der Waals surface area contributed by atoms with Gasteiger partial charge in [0.1, 0.15) is 0 Å². The van der Waals surface area contributed by atoms with Crippen LogP contribution in [-0.4, -0.2) is 16.3 Å². The minimum absolute atomic E-state index is 0.314.